The molecule has 1 aromatic carbocycles. The van der Waals surface area contributed by atoms with Gasteiger partial charge in [-0.3, -0.25) is 9.59 Å². The van der Waals surface area contributed by atoms with E-state index in [0.29, 0.717) is 11.5 Å². The Hall–Kier alpha value is -2.19. The van der Waals surface area contributed by atoms with Gasteiger partial charge < -0.3 is 10.1 Å². The monoisotopic (exact) mass is 364 g/mol. The first kappa shape index (κ1) is 17.6. The van der Waals surface area contributed by atoms with Crippen molar-refractivity contribution in [3.05, 3.63) is 42.0 Å². The number of allylic oxidation sites excluding steroid dienone is 2. The fraction of sp³-hybridized carbons (Fsp3) is 0.412. The number of rotatable bonds is 6. The number of amides is 1. The van der Waals surface area contributed by atoms with E-state index in [-0.39, 0.29) is 35.9 Å². The van der Waals surface area contributed by atoms with Gasteiger partial charge in [0.15, 0.2) is 6.61 Å². The molecular formula is C17H20N2O5S. The minimum absolute atomic E-state index is 0.0106. The molecule has 1 amide bonds. The molecular weight excluding hydrogens is 344 g/mol. The molecule has 0 radical (unpaired) electrons. The number of sulfonamides is 1. The van der Waals surface area contributed by atoms with Crippen LogP contribution in [-0.2, 0) is 30.9 Å². The highest BCUT2D eigenvalue weighted by Crippen LogP contribution is 2.43. The van der Waals surface area contributed by atoms with Gasteiger partial charge in [0.2, 0.25) is 10.0 Å². The lowest BCUT2D eigenvalue weighted by molar-refractivity contribution is -0.153. The van der Waals surface area contributed by atoms with Crippen molar-refractivity contribution in [2.75, 3.05) is 6.61 Å². The van der Waals surface area contributed by atoms with E-state index in [4.69, 9.17) is 9.88 Å². The molecule has 2 aliphatic carbocycles. The minimum atomic E-state index is -3.73. The van der Waals surface area contributed by atoms with Gasteiger partial charge in [-0.25, -0.2) is 13.6 Å². The first-order valence-electron chi connectivity index (χ1n) is 8.06. The van der Waals surface area contributed by atoms with Gasteiger partial charge in [0.05, 0.1) is 10.8 Å². The van der Waals surface area contributed by atoms with Crippen LogP contribution in [0.3, 0.4) is 0 Å². The third-order valence-corrected chi connectivity index (χ3v) is 5.60. The topological polar surface area (TPSA) is 116 Å². The molecule has 0 aromatic heterocycles. The van der Waals surface area contributed by atoms with E-state index in [9.17, 15) is 18.0 Å². The fourth-order valence-electron chi connectivity index (χ4n) is 3.34. The summed E-state index contributed by atoms with van der Waals surface area (Å²) in [7, 11) is -3.73. The Morgan fingerprint density at radius 3 is 2.44 bits per heavy atom. The molecule has 8 heteroatoms. The highest BCUT2D eigenvalue weighted by molar-refractivity contribution is 7.89. The van der Waals surface area contributed by atoms with Crippen molar-refractivity contribution < 1.29 is 22.7 Å². The van der Waals surface area contributed by atoms with Crippen molar-refractivity contribution >= 4 is 21.9 Å². The number of carbonyl (C=O) groups is 2. The maximum Gasteiger partial charge on any atom is 0.310 e. The number of carbonyl (C=O) groups excluding carboxylic acids is 2. The number of nitrogens with two attached hydrogens (primary N) is 1. The summed E-state index contributed by atoms with van der Waals surface area (Å²) in [6, 6.07) is 5.88. The maximum atomic E-state index is 12.0. The lowest BCUT2D eigenvalue weighted by atomic mass is 9.94. The quantitative estimate of drug-likeness (QED) is 0.570. The van der Waals surface area contributed by atoms with E-state index >= 15 is 0 Å². The fourth-order valence-corrected chi connectivity index (χ4v) is 3.86. The van der Waals surface area contributed by atoms with Crippen LogP contribution in [0.5, 0.6) is 0 Å². The Morgan fingerprint density at radius 2 is 1.88 bits per heavy atom. The second-order valence-corrected chi connectivity index (χ2v) is 8.02. The van der Waals surface area contributed by atoms with Crippen LogP contribution in [0.2, 0.25) is 0 Å². The summed E-state index contributed by atoms with van der Waals surface area (Å²) in [6.45, 7) is -0.107. The van der Waals surface area contributed by atoms with Crippen molar-refractivity contribution in [2.45, 2.75) is 24.3 Å². The predicted octanol–water partition coefficient (Wildman–Crippen LogP) is 0.706. The van der Waals surface area contributed by atoms with Gasteiger partial charge in [-0.05, 0) is 42.4 Å². The van der Waals surface area contributed by atoms with Gasteiger partial charge in [0.25, 0.3) is 5.91 Å². The van der Waals surface area contributed by atoms with Gasteiger partial charge in [-0.15, -0.1) is 0 Å². The van der Waals surface area contributed by atoms with E-state index in [1.165, 1.54) is 12.1 Å². The standard InChI is InChI=1S/C17H20N2O5S/c18-25(22,23)14-5-2-11(3-6-14)9-19-16(20)10-24-17(21)15-8-12-1-4-13(15)7-12/h1-6,12-13,15H,7-10H2,(H,19,20)(H2,18,22,23). The molecule has 3 unspecified atom stereocenters. The third-order valence-electron chi connectivity index (χ3n) is 4.67. The maximum absolute atomic E-state index is 12.0. The molecule has 2 aliphatic rings. The van der Waals surface area contributed by atoms with Crippen LogP contribution in [0.4, 0.5) is 0 Å². The SMILES string of the molecule is NS(=O)(=O)c1ccc(CNC(=O)COC(=O)C2CC3C=CC2C3)cc1. The second kappa shape index (κ2) is 6.97. The number of hydrogen-bond donors (Lipinski definition) is 2. The van der Waals surface area contributed by atoms with Gasteiger partial charge in [-0.2, -0.15) is 0 Å². The number of hydrogen-bond acceptors (Lipinski definition) is 5. The van der Waals surface area contributed by atoms with Gasteiger partial charge in [0.1, 0.15) is 0 Å². The molecule has 1 saturated carbocycles. The normalized spacial score (nSPS) is 24.3. The van der Waals surface area contributed by atoms with Crippen molar-refractivity contribution in [2.24, 2.45) is 22.9 Å². The van der Waals surface area contributed by atoms with Crippen LogP contribution < -0.4 is 10.5 Å². The molecule has 3 rings (SSSR count). The summed E-state index contributed by atoms with van der Waals surface area (Å²) in [4.78, 5) is 23.9. The van der Waals surface area contributed by atoms with E-state index < -0.39 is 15.9 Å². The molecule has 3 atom stereocenters. The average molecular weight is 364 g/mol. The number of nitrogens with one attached hydrogen (secondary N) is 1. The van der Waals surface area contributed by atoms with Crippen LogP contribution >= 0.6 is 0 Å². The second-order valence-electron chi connectivity index (χ2n) is 6.46. The van der Waals surface area contributed by atoms with Gasteiger partial charge in [-0.1, -0.05) is 24.3 Å². The van der Waals surface area contributed by atoms with Crippen LogP contribution in [0.25, 0.3) is 0 Å². The molecule has 3 N–H and O–H groups in total. The summed E-state index contributed by atoms with van der Waals surface area (Å²) < 4.78 is 27.5. The molecule has 0 spiro atoms. The Morgan fingerprint density at radius 1 is 1.16 bits per heavy atom. The Balaban J connectivity index is 1.42. The smallest absolute Gasteiger partial charge is 0.310 e. The zero-order valence-corrected chi connectivity index (χ0v) is 14.4. The zero-order chi connectivity index (χ0) is 18.0. The molecule has 0 saturated heterocycles. The first-order valence-corrected chi connectivity index (χ1v) is 9.61. The van der Waals surface area contributed by atoms with Crippen molar-refractivity contribution in [1.29, 1.82) is 0 Å². The lowest BCUT2D eigenvalue weighted by Gasteiger charge is -2.16. The van der Waals surface area contributed by atoms with Gasteiger partial charge in [0, 0.05) is 6.54 Å². The molecule has 25 heavy (non-hydrogen) atoms. The predicted molar refractivity (Wildman–Crippen MR) is 89.5 cm³/mol. The van der Waals surface area contributed by atoms with E-state index in [2.05, 4.69) is 17.5 Å². The summed E-state index contributed by atoms with van der Waals surface area (Å²) in [5.74, 6) is -0.129. The number of fused-ring (bicyclic) bond motifs is 2. The van der Waals surface area contributed by atoms with Crippen LogP contribution in [0.15, 0.2) is 41.3 Å². The van der Waals surface area contributed by atoms with Crippen molar-refractivity contribution in [3.8, 4) is 0 Å². The van der Waals surface area contributed by atoms with Crippen molar-refractivity contribution in [3.63, 3.8) is 0 Å². The number of esters is 1. The summed E-state index contributed by atoms with van der Waals surface area (Å²) in [5.41, 5.74) is 0.713. The molecule has 134 valence electrons. The molecule has 0 aliphatic heterocycles. The Labute approximate surface area is 146 Å². The van der Waals surface area contributed by atoms with Crippen molar-refractivity contribution in [1.82, 2.24) is 5.32 Å². The van der Waals surface area contributed by atoms with Crippen LogP contribution in [0.1, 0.15) is 18.4 Å². The highest BCUT2D eigenvalue weighted by atomic mass is 32.2. The van der Waals surface area contributed by atoms with E-state index in [1.807, 2.05) is 0 Å². The molecule has 2 bridgehead atoms. The summed E-state index contributed by atoms with van der Waals surface area (Å²) in [6.07, 6.45) is 6.01. The number of primary sulfonamides is 1. The van der Waals surface area contributed by atoms with E-state index in [0.717, 1.165) is 12.8 Å². The first-order chi connectivity index (χ1) is 11.8. The molecule has 1 fully saturated rings. The van der Waals surface area contributed by atoms with Crippen LogP contribution in [-0.4, -0.2) is 26.9 Å². The lowest BCUT2D eigenvalue weighted by Crippen LogP contribution is -2.30. The zero-order valence-electron chi connectivity index (χ0n) is 13.6. The average Bonchev–Trinajstić information content (AvgIpc) is 3.20. The van der Waals surface area contributed by atoms with Gasteiger partial charge >= 0.3 is 5.97 Å². The Bertz CT molecular complexity index is 801. The van der Waals surface area contributed by atoms with E-state index in [1.54, 1.807) is 12.1 Å². The highest BCUT2D eigenvalue weighted by Gasteiger charge is 2.40. The molecule has 1 aromatic rings. The summed E-state index contributed by atoms with van der Waals surface area (Å²) >= 11 is 0. The minimum Gasteiger partial charge on any atom is -0.455 e. The third kappa shape index (κ3) is 4.26. The molecule has 0 heterocycles. The van der Waals surface area contributed by atoms with Crippen LogP contribution in [0, 0.1) is 17.8 Å². The summed E-state index contributed by atoms with van der Waals surface area (Å²) in [5, 5.41) is 7.65. The Kier molecular flexibility index (Phi) is 4.91. The number of benzene rings is 1. The molecule has 7 nitrogen and oxygen atoms in total. The number of ether oxygens (including phenoxy) is 1. The largest absolute Gasteiger partial charge is 0.455 e.